The summed E-state index contributed by atoms with van der Waals surface area (Å²) in [5.41, 5.74) is 0. The standard InChI is InChI=1S/2C3H8O3.Mg.2H/c2*4-1-3(6)2-5;;;/h2*3-6H,1-2H2;;;/q;;+2;2*-1. The zero-order valence-corrected chi connectivity index (χ0v) is 8.79. The predicted molar refractivity (Wildman–Crippen MR) is 48.3 cm³/mol. The average Bonchev–Trinajstić information content (AvgIpc) is 2.16. The minimum absolute atomic E-state index is 0. The van der Waals surface area contributed by atoms with Crippen molar-refractivity contribution in [3.63, 3.8) is 0 Å². The summed E-state index contributed by atoms with van der Waals surface area (Å²) in [5.74, 6) is 0. The summed E-state index contributed by atoms with van der Waals surface area (Å²) in [6, 6.07) is 0. The Kier molecular flexibility index (Phi) is 22.1. The Labute approximate surface area is 95.6 Å². The van der Waals surface area contributed by atoms with Crippen LogP contribution in [0.15, 0.2) is 0 Å². The third kappa shape index (κ3) is 19.1. The van der Waals surface area contributed by atoms with Crippen LogP contribution in [0.1, 0.15) is 2.85 Å². The molecule has 0 aromatic heterocycles. The molecule has 0 unspecified atom stereocenters. The SMILES string of the molecule is OCC(O)CO.OCC(O)CO.[H-].[H-].[Mg+2]. The Bertz CT molecular complexity index is 74.0. The topological polar surface area (TPSA) is 121 Å². The molecule has 13 heavy (non-hydrogen) atoms. The van der Waals surface area contributed by atoms with Gasteiger partial charge in [-0.3, -0.25) is 0 Å². The van der Waals surface area contributed by atoms with Gasteiger partial charge in [-0.1, -0.05) is 0 Å². The first kappa shape index (κ1) is 19.2. The zero-order chi connectivity index (χ0) is 9.98. The van der Waals surface area contributed by atoms with Crippen molar-refractivity contribution in [3.8, 4) is 0 Å². The largest absolute Gasteiger partial charge is 2.00 e. The van der Waals surface area contributed by atoms with E-state index in [2.05, 4.69) is 0 Å². The number of aliphatic hydroxyl groups excluding tert-OH is 6. The van der Waals surface area contributed by atoms with Crippen LogP contribution in [-0.4, -0.2) is 92.3 Å². The van der Waals surface area contributed by atoms with Crippen LogP contribution in [0.2, 0.25) is 0 Å². The third-order valence-electron chi connectivity index (χ3n) is 0.843. The zero-order valence-electron chi connectivity index (χ0n) is 9.37. The molecule has 0 aliphatic heterocycles. The number of hydrogen-bond acceptors (Lipinski definition) is 6. The monoisotopic (exact) mass is 210 g/mol. The smallest absolute Gasteiger partial charge is 1.00 e. The number of hydrogen-bond donors (Lipinski definition) is 6. The van der Waals surface area contributed by atoms with E-state index in [1.807, 2.05) is 0 Å². The van der Waals surface area contributed by atoms with Gasteiger partial charge in [0.05, 0.1) is 26.4 Å². The summed E-state index contributed by atoms with van der Waals surface area (Å²) in [5, 5.41) is 48.0. The Hall–Kier alpha value is 0.526. The molecule has 0 aliphatic carbocycles. The third-order valence-corrected chi connectivity index (χ3v) is 0.843. The van der Waals surface area contributed by atoms with Gasteiger partial charge in [-0.15, -0.1) is 0 Å². The molecule has 0 saturated carbocycles. The average molecular weight is 211 g/mol. The van der Waals surface area contributed by atoms with Gasteiger partial charge in [0.2, 0.25) is 0 Å². The van der Waals surface area contributed by atoms with E-state index in [9.17, 15) is 0 Å². The number of aliphatic hydroxyl groups is 6. The van der Waals surface area contributed by atoms with Crippen LogP contribution in [0.3, 0.4) is 0 Å². The van der Waals surface area contributed by atoms with E-state index in [0.29, 0.717) is 0 Å². The van der Waals surface area contributed by atoms with Crippen LogP contribution >= 0.6 is 0 Å². The van der Waals surface area contributed by atoms with E-state index in [1.54, 1.807) is 0 Å². The maximum atomic E-state index is 8.17. The van der Waals surface area contributed by atoms with Crippen LogP contribution < -0.4 is 0 Å². The van der Waals surface area contributed by atoms with Gasteiger partial charge in [0, 0.05) is 0 Å². The minimum atomic E-state index is -0.954. The molecule has 7 heteroatoms. The van der Waals surface area contributed by atoms with Gasteiger partial charge in [-0.25, -0.2) is 0 Å². The second-order valence-corrected chi connectivity index (χ2v) is 2.04. The van der Waals surface area contributed by atoms with Gasteiger partial charge in [-0.05, 0) is 0 Å². The first-order valence-electron chi connectivity index (χ1n) is 3.41. The fraction of sp³-hybridized carbons (Fsp3) is 1.00. The second-order valence-electron chi connectivity index (χ2n) is 2.04. The molecule has 6 N–H and O–H groups in total. The summed E-state index contributed by atoms with van der Waals surface area (Å²) >= 11 is 0. The molecule has 0 aliphatic rings. The van der Waals surface area contributed by atoms with E-state index in [4.69, 9.17) is 30.6 Å². The molecule has 0 spiro atoms. The van der Waals surface area contributed by atoms with Crippen molar-refractivity contribution in [2.24, 2.45) is 0 Å². The summed E-state index contributed by atoms with van der Waals surface area (Å²) in [7, 11) is 0. The molecule has 80 valence electrons. The molecule has 0 aromatic rings. The maximum absolute atomic E-state index is 8.17. The predicted octanol–water partition coefficient (Wildman–Crippen LogP) is -3.49. The van der Waals surface area contributed by atoms with Gasteiger partial charge in [0.25, 0.3) is 0 Å². The van der Waals surface area contributed by atoms with Crippen molar-refractivity contribution in [2.75, 3.05) is 26.4 Å². The molecule has 0 bridgehead atoms. The fourth-order valence-electron chi connectivity index (χ4n) is 0.115. The molecule has 0 saturated heterocycles. The van der Waals surface area contributed by atoms with Crippen LogP contribution in [0.25, 0.3) is 0 Å². The van der Waals surface area contributed by atoms with E-state index in [1.165, 1.54) is 0 Å². The van der Waals surface area contributed by atoms with E-state index < -0.39 is 12.2 Å². The molecule has 0 radical (unpaired) electrons. The molecule has 0 aromatic carbocycles. The second kappa shape index (κ2) is 15.0. The van der Waals surface area contributed by atoms with E-state index in [0.717, 1.165) is 0 Å². The van der Waals surface area contributed by atoms with Crippen LogP contribution in [0.4, 0.5) is 0 Å². The minimum Gasteiger partial charge on any atom is -1.00 e. The Balaban J connectivity index is -0.0000000370. The summed E-state index contributed by atoms with van der Waals surface area (Å²) in [6.45, 7) is -1.46. The van der Waals surface area contributed by atoms with Crippen molar-refractivity contribution >= 4 is 23.1 Å². The summed E-state index contributed by atoms with van der Waals surface area (Å²) in [6.07, 6.45) is -1.91. The van der Waals surface area contributed by atoms with E-state index in [-0.39, 0.29) is 52.3 Å². The van der Waals surface area contributed by atoms with Gasteiger partial charge in [-0.2, -0.15) is 0 Å². The molecular formula is C6H18MgO6. The molecule has 0 amide bonds. The molecule has 0 rings (SSSR count). The van der Waals surface area contributed by atoms with Crippen LogP contribution in [0.5, 0.6) is 0 Å². The summed E-state index contributed by atoms with van der Waals surface area (Å²) in [4.78, 5) is 0. The van der Waals surface area contributed by atoms with Crippen molar-refractivity contribution in [3.05, 3.63) is 0 Å². The van der Waals surface area contributed by atoms with Crippen molar-refractivity contribution in [1.82, 2.24) is 0 Å². The Morgan fingerprint density at radius 1 is 0.692 bits per heavy atom. The first-order valence-corrected chi connectivity index (χ1v) is 3.41. The van der Waals surface area contributed by atoms with Gasteiger partial charge in [0.1, 0.15) is 12.2 Å². The van der Waals surface area contributed by atoms with Crippen molar-refractivity contribution < 1.29 is 33.5 Å². The quantitative estimate of drug-likeness (QED) is 0.268. The fourth-order valence-corrected chi connectivity index (χ4v) is 0.115. The van der Waals surface area contributed by atoms with Crippen molar-refractivity contribution in [1.29, 1.82) is 0 Å². The molecular weight excluding hydrogens is 192 g/mol. The normalized spacial score (nSPS) is 9.23. The van der Waals surface area contributed by atoms with E-state index >= 15 is 0 Å². The summed E-state index contributed by atoms with van der Waals surface area (Å²) < 4.78 is 0. The molecule has 0 heterocycles. The molecule has 6 nitrogen and oxygen atoms in total. The van der Waals surface area contributed by atoms with Gasteiger partial charge >= 0.3 is 23.1 Å². The van der Waals surface area contributed by atoms with Crippen LogP contribution in [0, 0.1) is 0 Å². The Morgan fingerprint density at radius 3 is 0.846 bits per heavy atom. The number of rotatable bonds is 4. The molecule has 0 fully saturated rings. The van der Waals surface area contributed by atoms with Crippen LogP contribution in [-0.2, 0) is 0 Å². The molecule has 0 atom stereocenters. The van der Waals surface area contributed by atoms with Gasteiger partial charge in [0.15, 0.2) is 0 Å². The van der Waals surface area contributed by atoms with Gasteiger partial charge < -0.3 is 33.5 Å². The first-order chi connectivity index (χ1) is 5.62. The Morgan fingerprint density at radius 2 is 0.846 bits per heavy atom. The maximum Gasteiger partial charge on any atom is 2.00 e. The van der Waals surface area contributed by atoms with Crippen molar-refractivity contribution in [2.45, 2.75) is 12.2 Å².